The molecule has 9 heteroatoms. The minimum absolute atomic E-state index is 0.00143. The molecule has 0 radical (unpaired) electrons. The van der Waals surface area contributed by atoms with Crippen LogP contribution in [0.25, 0.3) is 0 Å². The molecule has 27 heavy (non-hydrogen) atoms. The van der Waals surface area contributed by atoms with Crippen LogP contribution in [0.5, 0.6) is 0 Å². The van der Waals surface area contributed by atoms with Gasteiger partial charge in [0.05, 0.1) is 12.1 Å². The summed E-state index contributed by atoms with van der Waals surface area (Å²) >= 11 is 0. The van der Waals surface area contributed by atoms with Crippen LogP contribution in [0.15, 0.2) is 12.1 Å². The molecule has 2 bridgehead atoms. The highest BCUT2D eigenvalue weighted by atomic mass is 19.2. The Hall–Kier alpha value is -2.42. The number of rotatable bonds is 4. The summed E-state index contributed by atoms with van der Waals surface area (Å²) in [6.45, 7) is 2.54. The van der Waals surface area contributed by atoms with E-state index in [-0.39, 0.29) is 36.4 Å². The first kappa shape index (κ1) is 18.0. The summed E-state index contributed by atoms with van der Waals surface area (Å²) in [5.41, 5.74) is 5.98. The van der Waals surface area contributed by atoms with Crippen LogP contribution in [0.1, 0.15) is 42.5 Å². The van der Waals surface area contributed by atoms with E-state index in [1.54, 1.807) is 0 Å². The quantitative estimate of drug-likeness (QED) is 0.825. The zero-order valence-corrected chi connectivity index (χ0v) is 14.8. The van der Waals surface area contributed by atoms with Crippen molar-refractivity contribution in [2.24, 2.45) is 5.73 Å². The molecule has 2 aromatic rings. The zero-order chi connectivity index (χ0) is 19.3. The van der Waals surface area contributed by atoms with Crippen LogP contribution in [0, 0.1) is 24.4 Å². The minimum atomic E-state index is -1.25. The SMILES string of the molecule is Cc1nnc2n1C[C@@H]1CC[C@@H]2N1C(=O)C[C@H](N)Cc1cc(F)c(F)cc1F. The molecule has 1 amide bonds. The lowest BCUT2D eigenvalue weighted by Crippen LogP contribution is -2.46. The molecule has 3 heterocycles. The standard InChI is InChI=1S/C18H20F3N5O/c1-9-23-24-18-16-3-2-12(8-25(9)18)26(16)17(27)6-11(22)4-10-5-14(20)15(21)7-13(10)19/h5,7,11-12,16H,2-4,6,8,22H2,1H3/t11-,12+,16+/m1/s1. The second-order valence-corrected chi connectivity index (χ2v) is 7.29. The van der Waals surface area contributed by atoms with Gasteiger partial charge in [0.1, 0.15) is 11.6 Å². The molecule has 0 unspecified atom stereocenters. The maximum Gasteiger partial charge on any atom is 0.225 e. The number of halogens is 3. The van der Waals surface area contributed by atoms with Crippen LogP contribution in [0.2, 0.25) is 0 Å². The lowest BCUT2D eigenvalue weighted by atomic mass is 10.0. The molecule has 4 rings (SSSR count). The summed E-state index contributed by atoms with van der Waals surface area (Å²) < 4.78 is 42.2. The van der Waals surface area contributed by atoms with Gasteiger partial charge in [-0.15, -0.1) is 10.2 Å². The fraction of sp³-hybridized carbons (Fsp3) is 0.500. The minimum Gasteiger partial charge on any atom is -0.328 e. The van der Waals surface area contributed by atoms with E-state index in [2.05, 4.69) is 10.2 Å². The number of nitrogens with zero attached hydrogens (tertiary/aromatic N) is 4. The molecule has 0 spiro atoms. The highest BCUT2D eigenvalue weighted by Gasteiger charge is 2.44. The number of hydrogen-bond donors (Lipinski definition) is 1. The fourth-order valence-corrected chi connectivity index (χ4v) is 4.18. The van der Waals surface area contributed by atoms with Gasteiger partial charge in [0.2, 0.25) is 5.91 Å². The number of aryl methyl sites for hydroxylation is 1. The van der Waals surface area contributed by atoms with E-state index >= 15 is 0 Å². The molecular formula is C18H20F3N5O. The topological polar surface area (TPSA) is 77.0 Å². The first-order valence-corrected chi connectivity index (χ1v) is 8.95. The van der Waals surface area contributed by atoms with Crippen molar-refractivity contribution in [1.29, 1.82) is 0 Å². The summed E-state index contributed by atoms with van der Waals surface area (Å²) in [4.78, 5) is 14.7. The Bertz CT molecular complexity index is 899. The predicted molar refractivity (Wildman–Crippen MR) is 90.0 cm³/mol. The fourth-order valence-electron chi connectivity index (χ4n) is 4.18. The van der Waals surface area contributed by atoms with Crippen LogP contribution in [0.4, 0.5) is 13.2 Å². The van der Waals surface area contributed by atoms with E-state index < -0.39 is 23.5 Å². The maximum atomic E-state index is 13.8. The molecule has 2 N–H and O–H groups in total. The molecule has 3 atom stereocenters. The molecule has 1 fully saturated rings. The molecule has 2 aliphatic heterocycles. The average Bonchev–Trinajstić information content (AvgIpc) is 3.13. The molecule has 0 aliphatic carbocycles. The Morgan fingerprint density at radius 3 is 2.74 bits per heavy atom. The van der Waals surface area contributed by atoms with Crippen LogP contribution < -0.4 is 5.73 Å². The summed E-state index contributed by atoms with van der Waals surface area (Å²) in [5.74, 6) is -1.75. The van der Waals surface area contributed by atoms with Gasteiger partial charge in [-0.25, -0.2) is 13.2 Å². The smallest absolute Gasteiger partial charge is 0.225 e. The van der Waals surface area contributed by atoms with E-state index in [0.717, 1.165) is 30.6 Å². The van der Waals surface area contributed by atoms with Crippen LogP contribution in [-0.2, 0) is 17.8 Å². The monoisotopic (exact) mass is 379 g/mol. The number of carbonyl (C=O) groups excluding carboxylic acids is 1. The number of nitrogens with two attached hydrogens (primary N) is 1. The number of aromatic nitrogens is 3. The lowest BCUT2D eigenvalue weighted by Gasteiger charge is -2.35. The summed E-state index contributed by atoms with van der Waals surface area (Å²) in [7, 11) is 0. The summed E-state index contributed by atoms with van der Waals surface area (Å²) in [6, 6.07) is 0.545. The number of fused-ring (bicyclic) bond motifs is 4. The number of amides is 1. The van der Waals surface area contributed by atoms with Gasteiger partial charge in [-0.3, -0.25) is 4.79 Å². The molecule has 1 saturated heterocycles. The highest BCUT2D eigenvalue weighted by Crippen LogP contribution is 2.40. The average molecular weight is 379 g/mol. The molecule has 0 saturated carbocycles. The van der Waals surface area contributed by atoms with Gasteiger partial charge in [0.25, 0.3) is 0 Å². The van der Waals surface area contributed by atoms with Crippen molar-refractivity contribution in [3.05, 3.63) is 46.8 Å². The Labute approximate surface area is 154 Å². The highest BCUT2D eigenvalue weighted by molar-refractivity contribution is 5.78. The molecular weight excluding hydrogens is 359 g/mol. The maximum absolute atomic E-state index is 13.8. The first-order valence-electron chi connectivity index (χ1n) is 8.95. The Kier molecular flexibility index (Phi) is 4.41. The third kappa shape index (κ3) is 3.09. The van der Waals surface area contributed by atoms with Gasteiger partial charge in [-0.1, -0.05) is 0 Å². The second-order valence-electron chi connectivity index (χ2n) is 7.29. The van der Waals surface area contributed by atoms with Crippen LogP contribution in [0.3, 0.4) is 0 Å². The normalized spacial score (nSPS) is 22.0. The number of carbonyl (C=O) groups is 1. The van der Waals surface area contributed by atoms with E-state index in [9.17, 15) is 18.0 Å². The predicted octanol–water partition coefficient (Wildman–Crippen LogP) is 2.01. The van der Waals surface area contributed by atoms with Gasteiger partial charge in [-0.05, 0) is 37.8 Å². The molecule has 2 aliphatic rings. The van der Waals surface area contributed by atoms with Crippen molar-refractivity contribution in [2.75, 3.05) is 0 Å². The van der Waals surface area contributed by atoms with Crippen molar-refractivity contribution >= 4 is 5.91 Å². The molecule has 1 aromatic heterocycles. The Morgan fingerprint density at radius 1 is 1.22 bits per heavy atom. The van der Waals surface area contributed by atoms with Crippen molar-refractivity contribution in [3.63, 3.8) is 0 Å². The Morgan fingerprint density at radius 2 is 1.96 bits per heavy atom. The molecule has 1 aromatic carbocycles. The van der Waals surface area contributed by atoms with Crippen molar-refractivity contribution in [1.82, 2.24) is 19.7 Å². The van der Waals surface area contributed by atoms with Crippen LogP contribution >= 0.6 is 0 Å². The van der Waals surface area contributed by atoms with E-state index in [4.69, 9.17) is 5.73 Å². The van der Waals surface area contributed by atoms with Gasteiger partial charge in [0, 0.05) is 25.1 Å². The zero-order valence-electron chi connectivity index (χ0n) is 14.8. The van der Waals surface area contributed by atoms with Gasteiger partial charge >= 0.3 is 0 Å². The van der Waals surface area contributed by atoms with Crippen LogP contribution in [-0.4, -0.2) is 37.7 Å². The van der Waals surface area contributed by atoms with E-state index in [1.165, 1.54) is 0 Å². The van der Waals surface area contributed by atoms with E-state index in [1.807, 2.05) is 16.4 Å². The second kappa shape index (κ2) is 6.63. The molecule has 144 valence electrons. The first-order chi connectivity index (χ1) is 12.8. The van der Waals surface area contributed by atoms with E-state index in [0.29, 0.717) is 12.6 Å². The Balaban J connectivity index is 1.46. The summed E-state index contributed by atoms with van der Waals surface area (Å²) in [5, 5.41) is 8.30. The third-order valence-electron chi connectivity index (χ3n) is 5.45. The number of benzene rings is 1. The lowest BCUT2D eigenvalue weighted by molar-refractivity contribution is -0.136. The van der Waals surface area contributed by atoms with Gasteiger partial charge in [0.15, 0.2) is 17.5 Å². The number of hydrogen-bond acceptors (Lipinski definition) is 4. The van der Waals surface area contributed by atoms with Crippen molar-refractivity contribution in [2.45, 2.75) is 57.3 Å². The largest absolute Gasteiger partial charge is 0.328 e. The van der Waals surface area contributed by atoms with Crippen molar-refractivity contribution in [3.8, 4) is 0 Å². The van der Waals surface area contributed by atoms with Crippen molar-refractivity contribution < 1.29 is 18.0 Å². The third-order valence-corrected chi connectivity index (χ3v) is 5.45. The summed E-state index contributed by atoms with van der Waals surface area (Å²) in [6.07, 6.45) is 1.65. The molecule has 6 nitrogen and oxygen atoms in total. The van der Waals surface area contributed by atoms with Gasteiger partial charge < -0.3 is 15.2 Å². The van der Waals surface area contributed by atoms with Gasteiger partial charge in [-0.2, -0.15) is 0 Å².